The lowest BCUT2D eigenvalue weighted by atomic mass is 10.1. The monoisotopic (exact) mass is 345 g/mol. The number of nitrogens with zero attached hydrogens (tertiary/aromatic N) is 1. The molecule has 1 saturated carbocycles. The summed E-state index contributed by atoms with van der Waals surface area (Å²) in [6.07, 6.45) is -4.02. The minimum absolute atomic E-state index is 0.0338. The standard InChI is InChI=1S/C16H18F3NO4/c1-20(8-4-7-14(21)22)15(23)12-9-11(12)10-5-2-3-6-13(10)24-16(17,18)19/h2-3,5-6,11-12H,4,7-9H2,1H3,(H,21,22)/t11-,12-/m0/s1. The average Bonchev–Trinajstić information content (AvgIpc) is 3.25. The van der Waals surface area contributed by atoms with Gasteiger partial charge in [0.25, 0.3) is 0 Å². The fourth-order valence-electron chi connectivity index (χ4n) is 2.68. The number of carbonyl (C=O) groups is 2. The van der Waals surface area contributed by atoms with Gasteiger partial charge < -0.3 is 14.7 Å². The molecular weight excluding hydrogens is 327 g/mol. The summed E-state index contributed by atoms with van der Waals surface area (Å²) in [6.45, 7) is 0.301. The van der Waals surface area contributed by atoms with Crippen molar-refractivity contribution >= 4 is 11.9 Å². The summed E-state index contributed by atoms with van der Waals surface area (Å²) < 4.78 is 41.4. The molecule has 1 aliphatic carbocycles. The molecule has 1 amide bonds. The van der Waals surface area contributed by atoms with Gasteiger partial charge in [0.05, 0.1) is 0 Å². The van der Waals surface area contributed by atoms with Crippen molar-refractivity contribution < 1.29 is 32.6 Å². The van der Waals surface area contributed by atoms with Crippen LogP contribution < -0.4 is 4.74 Å². The first-order valence-corrected chi connectivity index (χ1v) is 7.50. The van der Waals surface area contributed by atoms with E-state index in [4.69, 9.17) is 5.11 Å². The second-order valence-corrected chi connectivity index (χ2v) is 5.79. The van der Waals surface area contributed by atoms with Crippen molar-refractivity contribution in [2.45, 2.75) is 31.5 Å². The number of ether oxygens (including phenoxy) is 1. The fourth-order valence-corrected chi connectivity index (χ4v) is 2.68. The van der Waals surface area contributed by atoms with Gasteiger partial charge >= 0.3 is 12.3 Å². The van der Waals surface area contributed by atoms with E-state index in [9.17, 15) is 22.8 Å². The van der Waals surface area contributed by atoms with Gasteiger partial charge in [0.2, 0.25) is 5.91 Å². The Morgan fingerprint density at radius 2 is 2.00 bits per heavy atom. The van der Waals surface area contributed by atoms with Crippen LogP contribution in [-0.2, 0) is 9.59 Å². The molecule has 0 aromatic heterocycles. The van der Waals surface area contributed by atoms with E-state index >= 15 is 0 Å². The van der Waals surface area contributed by atoms with E-state index in [1.54, 1.807) is 13.1 Å². The van der Waals surface area contributed by atoms with Crippen LogP contribution in [0.4, 0.5) is 13.2 Å². The summed E-state index contributed by atoms with van der Waals surface area (Å²) in [5.74, 6) is -2.10. The van der Waals surface area contributed by atoms with Crippen molar-refractivity contribution in [2.24, 2.45) is 5.92 Å². The molecule has 2 rings (SSSR count). The normalized spacial score (nSPS) is 19.7. The highest BCUT2D eigenvalue weighted by molar-refractivity contribution is 5.83. The predicted octanol–water partition coefficient (Wildman–Crippen LogP) is 3.01. The number of aliphatic carboxylic acids is 1. The highest BCUT2D eigenvalue weighted by atomic mass is 19.4. The number of carboxylic acids is 1. The van der Waals surface area contributed by atoms with Gasteiger partial charge in [-0.05, 0) is 30.4 Å². The molecule has 1 fully saturated rings. The predicted molar refractivity (Wildman–Crippen MR) is 78.5 cm³/mol. The Balaban J connectivity index is 1.97. The van der Waals surface area contributed by atoms with E-state index in [-0.39, 0.29) is 24.0 Å². The van der Waals surface area contributed by atoms with Crippen molar-refractivity contribution in [3.63, 3.8) is 0 Å². The Kier molecular flexibility index (Phi) is 5.36. The largest absolute Gasteiger partial charge is 0.573 e. The van der Waals surface area contributed by atoms with Gasteiger partial charge in [0.1, 0.15) is 5.75 Å². The Labute approximate surface area is 137 Å². The first kappa shape index (κ1) is 18.1. The Bertz CT molecular complexity index is 618. The summed E-state index contributed by atoms with van der Waals surface area (Å²) in [4.78, 5) is 24.2. The maximum atomic E-state index is 12.4. The maximum absolute atomic E-state index is 12.4. The number of carbonyl (C=O) groups excluding carboxylic acids is 1. The van der Waals surface area contributed by atoms with Crippen LogP contribution in [0.25, 0.3) is 0 Å². The zero-order valence-corrected chi connectivity index (χ0v) is 13.0. The van der Waals surface area contributed by atoms with Crippen molar-refractivity contribution in [1.82, 2.24) is 4.90 Å². The number of para-hydroxylation sites is 1. The molecule has 8 heteroatoms. The average molecular weight is 345 g/mol. The second kappa shape index (κ2) is 7.11. The molecule has 1 N–H and O–H groups in total. The molecule has 24 heavy (non-hydrogen) atoms. The number of alkyl halides is 3. The van der Waals surface area contributed by atoms with Crippen molar-refractivity contribution in [3.05, 3.63) is 29.8 Å². The summed E-state index contributed by atoms with van der Waals surface area (Å²) in [5, 5.41) is 8.59. The Hall–Kier alpha value is -2.25. The molecule has 0 heterocycles. The molecule has 5 nitrogen and oxygen atoms in total. The lowest BCUT2D eigenvalue weighted by Crippen LogP contribution is -2.29. The van der Waals surface area contributed by atoms with Crippen LogP contribution in [-0.4, -0.2) is 41.8 Å². The number of halogens is 3. The van der Waals surface area contributed by atoms with E-state index in [1.165, 1.54) is 23.1 Å². The van der Waals surface area contributed by atoms with Gasteiger partial charge in [0.15, 0.2) is 0 Å². The van der Waals surface area contributed by atoms with Crippen LogP contribution in [0.3, 0.4) is 0 Å². The van der Waals surface area contributed by atoms with Crippen molar-refractivity contribution in [2.75, 3.05) is 13.6 Å². The number of carboxylic acid groups (broad SMARTS) is 1. The summed E-state index contributed by atoms with van der Waals surface area (Å²) in [5.41, 5.74) is 0.368. The zero-order chi connectivity index (χ0) is 17.9. The number of hydrogen-bond acceptors (Lipinski definition) is 3. The first-order valence-electron chi connectivity index (χ1n) is 7.50. The van der Waals surface area contributed by atoms with Crippen LogP contribution in [0.1, 0.15) is 30.7 Å². The van der Waals surface area contributed by atoms with Crippen LogP contribution in [0.5, 0.6) is 5.75 Å². The lowest BCUT2D eigenvalue weighted by Gasteiger charge is -2.17. The van der Waals surface area contributed by atoms with Gasteiger partial charge in [-0.25, -0.2) is 0 Å². The topological polar surface area (TPSA) is 66.8 Å². The molecule has 0 unspecified atom stereocenters. The van der Waals surface area contributed by atoms with Crippen LogP contribution in [0.2, 0.25) is 0 Å². The minimum atomic E-state index is -4.78. The van der Waals surface area contributed by atoms with Crippen LogP contribution in [0, 0.1) is 5.92 Å². The molecule has 2 atom stereocenters. The third kappa shape index (κ3) is 4.87. The highest BCUT2D eigenvalue weighted by Crippen LogP contribution is 2.51. The molecule has 132 valence electrons. The summed E-state index contributed by atoms with van der Waals surface area (Å²) in [6, 6.07) is 5.82. The third-order valence-electron chi connectivity index (χ3n) is 3.91. The molecule has 0 aliphatic heterocycles. The van der Waals surface area contributed by atoms with E-state index in [2.05, 4.69) is 4.74 Å². The van der Waals surface area contributed by atoms with Gasteiger partial charge in [-0.1, -0.05) is 18.2 Å². The quantitative estimate of drug-likeness (QED) is 0.825. The SMILES string of the molecule is CN(CCCC(=O)O)C(=O)[C@H]1C[C@H]1c1ccccc1OC(F)(F)F. The van der Waals surface area contributed by atoms with Crippen LogP contribution in [0.15, 0.2) is 24.3 Å². The number of amides is 1. The Morgan fingerprint density at radius 3 is 2.62 bits per heavy atom. The van der Waals surface area contributed by atoms with Crippen molar-refractivity contribution in [3.8, 4) is 5.75 Å². The van der Waals surface area contributed by atoms with E-state index in [0.717, 1.165) is 0 Å². The smallest absolute Gasteiger partial charge is 0.481 e. The molecule has 0 saturated heterocycles. The van der Waals surface area contributed by atoms with E-state index in [0.29, 0.717) is 24.9 Å². The first-order chi connectivity index (χ1) is 11.2. The molecule has 0 bridgehead atoms. The minimum Gasteiger partial charge on any atom is -0.481 e. The highest BCUT2D eigenvalue weighted by Gasteiger charge is 2.47. The van der Waals surface area contributed by atoms with Gasteiger partial charge in [-0.3, -0.25) is 9.59 Å². The lowest BCUT2D eigenvalue weighted by molar-refractivity contribution is -0.274. The zero-order valence-electron chi connectivity index (χ0n) is 13.0. The molecule has 1 aromatic rings. The number of rotatable bonds is 7. The summed E-state index contributed by atoms with van der Waals surface area (Å²) in [7, 11) is 1.57. The second-order valence-electron chi connectivity index (χ2n) is 5.79. The molecule has 0 radical (unpaired) electrons. The number of benzene rings is 1. The maximum Gasteiger partial charge on any atom is 0.573 e. The van der Waals surface area contributed by atoms with Gasteiger partial charge in [-0.15, -0.1) is 13.2 Å². The molecular formula is C16H18F3NO4. The molecule has 0 spiro atoms. The molecule has 1 aliphatic rings. The summed E-state index contributed by atoms with van der Waals surface area (Å²) >= 11 is 0. The molecule has 1 aromatic carbocycles. The van der Waals surface area contributed by atoms with Crippen LogP contribution >= 0.6 is 0 Å². The van der Waals surface area contributed by atoms with Crippen molar-refractivity contribution in [1.29, 1.82) is 0 Å². The fraction of sp³-hybridized carbons (Fsp3) is 0.500. The third-order valence-corrected chi connectivity index (χ3v) is 3.91. The Morgan fingerprint density at radius 1 is 1.33 bits per heavy atom. The van der Waals surface area contributed by atoms with E-state index in [1.807, 2.05) is 0 Å². The number of hydrogen-bond donors (Lipinski definition) is 1. The van der Waals surface area contributed by atoms with Gasteiger partial charge in [-0.2, -0.15) is 0 Å². The van der Waals surface area contributed by atoms with Gasteiger partial charge in [0, 0.05) is 25.9 Å². The van der Waals surface area contributed by atoms with E-state index < -0.39 is 18.2 Å².